The van der Waals surface area contributed by atoms with Gasteiger partial charge in [0.05, 0.1) is 7.11 Å². The number of alkyl halides is 3. The molecule has 10 heteroatoms. The zero-order valence-electron chi connectivity index (χ0n) is 16.3. The first-order chi connectivity index (χ1) is 13.9. The molecule has 0 aliphatic carbocycles. The van der Waals surface area contributed by atoms with Crippen molar-refractivity contribution in [3.63, 3.8) is 0 Å². The second-order valence-electron chi connectivity index (χ2n) is 6.86. The van der Waals surface area contributed by atoms with E-state index in [4.69, 9.17) is 14.2 Å². The number of fused-ring (bicyclic) bond motifs is 1. The molecule has 1 saturated heterocycles. The standard InChI is InChI=1S/C19H25F3N2O5/c1-26-15-11-14(12-16-17(15)29-10-9-28-16)18(25)24-6-4-23(5-7-24)3-2-8-27-13-19(20,21)22/h11-12H,2-10,13H2,1H3. The van der Waals surface area contributed by atoms with Gasteiger partial charge in [0.2, 0.25) is 5.75 Å². The number of piperazine rings is 1. The first kappa shape index (κ1) is 21.5. The Labute approximate surface area is 167 Å². The molecule has 0 radical (unpaired) electrons. The largest absolute Gasteiger partial charge is 0.493 e. The molecular formula is C19H25F3N2O5. The normalized spacial score (nSPS) is 17.3. The van der Waals surface area contributed by atoms with Gasteiger partial charge in [-0.1, -0.05) is 0 Å². The molecule has 1 fully saturated rings. The lowest BCUT2D eigenvalue weighted by molar-refractivity contribution is -0.174. The van der Waals surface area contributed by atoms with Gasteiger partial charge in [-0.15, -0.1) is 0 Å². The van der Waals surface area contributed by atoms with Crippen molar-refractivity contribution in [1.82, 2.24) is 9.80 Å². The highest BCUT2D eigenvalue weighted by atomic mass is 19.4. The van der Waals surface area contributed by atoms with Crippen LogP contribution >= 0.6 is 0 Å². The third kappa shape index (κ3) is 5.89. The predicted molar refractivity (Wildman–Crippen MR) is 97.8 cm³/mol. The summed E-state index contributed by atoms with van der Waals surface area (Å²) >= 11 is 0. The molecule has 29 heavy (non-hydrogen) atoms. The Hall–Kier alpha value is -2.20. The number of nitrogens with zero attached hydrogens (tertiary/aromatic N) is 2. The van der Waals surface area contributed by atoms with Crippen molar-refractivity contribution in [1.29, 1.82) is 0 Å². The van der Waals surface area contributed by atoms with Crippen LogP contribution in [-0.2, 0) is 4.74 Å². The number of ether oxygens (including phenoxy) is 4. The van der Waals surface area contributed by atoms with Gasteiger partial charge in [0.25, 0.3) is 5.91 Å². The van der Waals surface area contributed by atoms with Crippen molar-refractivity contribution in [2.45, 2.75) is 12.6 Å². The Bertz CT molecular complexity index is 689. The number of methoxy groups -OCH3 is 1. The van der Waals surface area contributed by atoms with Crippen LogP contribution in [0.3, 0.4) is 0 Å². The summed E-state index contributed by atoms with van der Waals surface area (Å²) in [5.41, 5.74) is 0.472. The summed E-state index contributed by atoms with van der Waals surface area (Å²) in [4.78, 5) is 16.8. The molecule has 0 aromatic heterocycles. The van der Waals surface area contributed by atoms with Gasteiger partial charge in [0.15, 0.2) is 11.5 Å². The summed E-state index contributed by atoms with van der Waals surface area (Å²) in [6.45, 7) is 2.73. The number of hydrogen-bond donors (Lipinski definition) is 0. The molecule has 0 bridgehead atoms. The Kier molecular flexibility index (Phi) is 7.07. The van der Waals surface area contributed by atoms with Crippen LogP contribution in [-0.4, -0.2) is 88.1 Å². The van der Waals surface area contributed by atoms with Crippen molar-refractivity contribution in [2.24, 2.45) is 0 Å². The van der Waals surface area contributed by atoms with Gasteiger partial charge in [-0.3, -0.25) is 9.69 Å². The third-order valence-corrected chi connectivity index (χ3v) is 4.76. The topological polar surface area (TPSA) is 60.5 Å². The summed E-state index contributed by atoms with van der Waals surface area (Å²) in [5.74, 6) is 1.35. The minimum atomic E-state index is -4.29. The van der Waals surface area contributed by atoms with Crippen molar-refractivity contribution in [2.75, 3.05) is 66.3 Å². The molecule has 0 unspecified atom stereocenters. The minimum Gasteiger partial charge on any atom is -0.493 e. The minimum absolute atomic E-state index is 0.0651. The van der Waals surface area contributed by atoms with Gasteiger partial charge >= 0.3 is 6.18 Å². The van der Waals surface area contributed by atoms with E-state index in [1.165, 1.54) is 7.11 Å². The van der Waals surface area contributed by atoms with Crippen LogP contribution in [0.25, 0.3) is 0 Å². The molecule has 2 heterocycles. The number of carbonyl (C=O) groups excluding carboxylic acids is 1. The van der Waals surface area contributed by atoms with Crippen LogP contribution in [0.4, 0.5) is 13.2 Å². The summed E-state index contributed by atoms with van der Waals surface area (Å²) in [6, 6.07) is 3.32. The Morgan fingerprint density at radius 2 is 1.86 bits per heavy atom. The molecule has 1 aromatic rings. The molecule has 2 aliphatic heterocycles. The summed E-state index contributed by atoms with van der Waals surface area (Å²) in [6.07, 6.45) is -3.77. The lowest BCUT2D eigenvalue weighted by Gasteiger charge is -2.35. The van der Waals surface area contributed by atoms with E-state index in [0.29, 0.717) is 75.2 Å². The molecule has 0 spiro atoms. The van der Waals surface area contributed by atoms with Crippen LogP contribution in [0.15, 0.2) is 12.1 Å². The molecule has 0 saturated carbocycles. The molecule has 3 rings (SSSR count). The maximum absolute atomic E-state index is 12.9. The lowest BCUT2D eigenvalue weighted by atomic mass is 10.1. The molecule has 0 atom stereocenters. The second-order valence-corrected chi connectivity index (χ2v) is 6.86. The van der Waals surface area contributed by atoms with Gasteiger partial charge in [0.1, 0.15) is 19.8 Å². The van der Waals surface area contributed by atoms with E-state index < -0.39 is 12.8 Å². The number of amides is 1. The average molecular weight is 418 g/mol. The average Bonchev–Trinajstić information content (AvgIpc) is 2.71. The zero-order chi connectivity index (χ0) is 20.9. The molecule has 0 N–H and O–H groups in total. The summed E-state index contributed by atoms with van der Waals surface area (Å²) < 4.78 is 57.2. The fourth-order valence-corrected chi connectivity index (χ4v) is 3.33. The lowest BCUT2D eigenvalue weighted by Crippen LogP contribution is -2.49. The predicted octanol–water partition coefficient (Wildman–Crippen LogP) is 2.19. The van der Waals surface area contributed by atoms with Crippen LogP contribution in [0, 0.1) is 0 Å². The van der Waals surface area contributed by atoms with Crippen molar-refractivity contribution >= 4 is 5.91 Å². The van der Waals surface area contributed by atoms with Crippen molar-refractivity contribution in [3.8, 4) is 17.2 Å². The van der Waals surface area contributed by atoms with E-state index in [0.717, 1.165) is 0 Å². The van der Waals surface area contributed by atoms with E-state index >= 15 is 0 Å². The Morgan fingerprint density at radius 1 is 1.14 bits per heavy atom. The van der Waals surface area contributed by atoms with Crippen molar-refractivity contribution < 1.29 is 36.9 Å². The zero-order valence-corrected chi connectivity index (χ0v) is 16.3. The molecule has 1 aromatic carbocycles. The monoisotopic (exact) mass is 418 g/mol. The van der Waals surface area contributed by atoms with E-state index in [-0.39, 0.29) is 12.5 Å². The fraction of sp³-hybridized carbons (Fsp3) is 0.632. The highest BCUT2D eigenvalue weighted by molar-refractivity contribution is 5.95. The first-order valence-electron chi connectivity index (χ1n) is 9.51. The highest BCUT2D eigenvalue weighted by Gasteiger charge is 2.28. The molecule has 162 valence electrons. The van der Waals surface area contributed by atoms with Gasteiger partial charge in [-0.05, 0) is 18.6 Å². The molecule has 2 aliphatic rings. The molecule has 1 amide bonds. The highest BCUT2D eigenvalue weighted by Crippen LogP contribution is 2.40. The van der Waals surface area contributed by atoms with Crippen molar-refractivity contribution in [3.05, 3.63) is 17.7 Å². The second kappa shape index (κ2) is 9.53. The number of hydrogen-bond acceptors (Lipinski definition) is 6. The van der Waals surface area contributed by atoms with Crippen LogP contribution in [0.1, 0.15) is 16.8 Å². The Morgan fingerprint density at radius 3 is 2.55 bits per heavy atom. The van der Waals surface area contributed by atoms with Gasteiger partial charge in [-0.2, -0.15) is 13.2 Å². The van der Waals surface area contributed by atoms with Gasteiger partial charge < -0.3 is 23.8 Å². The van der Waals surface area contributed by atoms with Crippen LogP contribution < -0.4 is 14.2 Å². The maximum Gasteiger partial charge on any atom is 0.411 e. The molecule has 7 nitrogen and oxygen atoms in total. The van der Waals surface area contributed by atoms with Gasteiger partial charge in [-0.25, -0.2) is 0 Å². The van der Waals surface area contributed by atoms with E-state index in [2.05, 4.69) is 9.64 Å². The summed E-state index contributed by atoms with van der Waals surface area (Å²) in [7, 11) is 1.51. The smallest absolute Gasteiger partial charge is 0.411 e. The fourth-order valence-electron chi connectivity index (χ4n) is 3.33. The van der Waals surface area contributed by atoms with E-state index in [1.54, 1.807) is 17.0 Å². The number of carbonyl (C=O) groups is 1. The maximum atomic E-state index is 12.9. The van der Waals surface area contributed by atoms with Gasteiger partial charge in [0, 0.05) is 44.9 Å². The summed E-state index contributed by atoms with van der Waals surface area (Å²) in [5, 5.41) is 0. The number of rotatable bonds is 7. The Balaban J connectivity index is 1.48. The third-order valence-electron chi connectivity index (χ3n) is 4.76. The SMILES string of the molecule is COc1cc(C(=O)N2CCN(CCCOCC(F)(F)F)CC2)cc2c1OCCO2. The van der Waals surface area contributed by atoms with E-state index in [1.807, 2.05) is 0 Å². The van der Waals surface area contributed by atoms with Crippen LogP contribution in [0.5, 0.6) is 17.2 Å². The van der Waals surface area contributed by atoms with E-state index in [9.17, 15) is 18.0 Å². The van der Waals surface area contributed by atoms with Crippen LogP contribution in [0.2, 0.25) is 0 Å². The quantitative estimate of drug-likeness (QED) is 0.633. The molecular weight excluding hydrogens is 393 g/mol. The number of benzene rings is 1. The first-order valence-corrected chi connectivity index (χ1v) is 9.51. The number of halogens is 3.